The first-order chi connectivity index (χ1) is 9.92. The zero-order chi connectivity index (χ0) is 16.0. The number of hydrogen-bond acceptors (Lipinski definition) is 6. The maximum atomic E-state index is 12.7. The number of ether oxygens (including phenoxy) is 3. The summed E-state index contributed by atoms with van der Waals surface area (Å²) in [6.45, 7) is 0.869. The molecule has 0 aliphatic rings. The van der Waals surface area contributed by atoms with Crippen LogP contribution >= 0.6 is 12.4 Å². The molecule has 128 valence electrons. The first kappa shape index (κ1) is 20.8. The third-order valence-electron chi connectivity index (χ3n) is 3.01. The molecule has 0 amide bonds. The molecule has 0 unspecified atom stereocenters. The molecule has 7 nitrogen and oxygen atoms in total. The number of likely N-dealkylation sites (N-methyl/N-ethyl adjacent to an activating group) is 2. The van der Waals surface area contributed by atoms with Crippen molar-refractivity contribution < 1.29 is 22.6 Å². The van der Waals surface area contributed by atoms with Crippen molar-refractivity contribution >= 4 is 22.4 Å². The van der Waals surface area contributed by atoms with E-state index in [2.05, 4.69) is 5.32 Å². The van der Waals surface area contributed by atoms with E-state index in [-0.39, 0.29) is 28.8 Å². The van der Waals surface area contributed by atoms with Crippen LogP contribution in [-0.4, -0.2) is 61.2 Å². The van der Waals surface area contributed by atoms with Gasteiger partial charge in [0.1, 0.15) is 17.2 Å². The molecule has 1 rings (SSSR count). The minimum Gasteiger partial charge on any atom is -0.496 e. The molecule has 0 saturated carbocycles. The second-order valence-corrected chi connectivity index (χ2v) is 6.27. The summed E-state index contributed by atoms with van der Waals surface area (Å²) in [6.07, 6.45) is 0. The van der Waals surface area contributed by atoms with Crippen molar-refractivity contribution in [2.45, 2.75) is 4.90 Å². The van der Waals surface area contributed by atoms with Gasteiger partial charge in [-0.15, -0.1) is 12.4 Å². The average Bonchev–Trinajstić information content (AvgIpc) is 2.50. The second-order valence-electron chi connectivity index (χ2n) is 4.29. The topological polar surface area (TPSA) is 77.1 Å². The van der Waals surface area contributed by atoms with E-state index < -0.39 is 10.0 Å². The third-order valence-corrected chi connectivity index (χ3v) is 4.94. The number of methoxy groups -OCH3 is 3. The van der Waals surface area contributed by atoms with Crippen molar-refractivity contribution in [1.82, 2.24) is 9.62 Å². The number of rotatable bonds is 8. The summed E-state index contributed by atoms with van der Waals surface area (Å²) in [4.78, 5) is -0.00750. The molecule has 1 aromatic rings. The van der Waals surface area contributed by atoms with Crippen molar-refractivity contribution in [3.63, 3.8) is 0 Å². The summed E-state index contributed by atoms with van der Waals surface area (Å²) < 4.78 is 42.1. The zero-order valence-electron chi connectivity index (χ0n) is 13.4. The molecule has 0 atom stereocenters. The lowest BCUT2D eigenvalue weighted by atomic mass is 10.3. The Labute approximate surface area is 138 Å². The molecule has 1 N–H and O–H groups in total. The molecule has 9 heteroatoms. The fraction of sp³-hybridized carbons (Fsp3) is 0.538. The summed E-state index contributed by atoms with van der Waals surface area (Å²) in [5, 5.41) is 2.91. The Morgan fingerprint density at radius 3 is 1.95 bits per heavy atom. The van der Waals surface area contributed by atoms with Crippen LogP contribution < -0.4 is 19.5 Å². The Kier molecular flexibility index (Phi) is 8.54. The highest BCUT2D eigenvalue weighted by atomic mass is 35.5. The number of sulfonamides is 1. The zero-order valence-corrected chi connectivity index (χ0v) is 15.0. The smallest absolute Gasteiger partial charge is 0.250 e. The number of benzene rings is 1. The van der Waals surface area contributed by atoms with Crippen LogP contribution in [0.4, 0.5) is 0 Å². The van der Waals surface area contributed by atoms with Gasteiger partial charge in [-0.25, -0.2) is 8.42 Å². The average molecular weight is 355 g/mol. The Bertz CT molecular complexity index is 555. The largest absolute Gasteiger partial charge is 0.496 e. The second kappa shape index (κ2) is 9.04. The Balaban J connectivity index is 0.00000441. The molecule has 0 fully saturated rings. The Morgan fingerprint density at radius 2 is 1.59 bits per heavy atom. The minimum atomic E-state index is -3.73. The van der Waals surface area contributed by atoms with Gasteiger partial charge in [-0.1, -0.05) is 0 Å². The van der Waals surface area contributed by atoms with E-state index in [9.17, 15) is 8.42 Å². The Hall–Kier alpha value is -1.22. The summed E-state index contributed by atoms with van der Waals surface area (Å²) in [6, 6.07) is 3.03. The number of nitrogens with one attached hydrogen (secondary N) is 1. The lowest BCUT2D eigenvalue weighted by molar-refractivity contribution is 0.355. The summed E-state index contributed by atoms with van der Waals surface area (Å²) in [7, 11) is 3.83. The molecular formula is C13H23ClN2O5S. The van der Waals surface area contributed by atoms with Gasteiger partial charge >= 0.3 is 0 Å². The van der Waals surface area contributed by atoms with Gasteiger partial charge in [-0.2, -0.15) is 4.31 Å². The van der Waals surface area contributed by atoms with E-state index in [1.165, 1.54) is 44.8 Å². The van der Waals surface area contributed by atoms with Gasteiger partial charge in [0.15, 0.2) is 4.90 Å². The molecule has 0 bridgehead atoms. The van der Waals surface area contributed by atoms with Crippen molar-refractivity contribution in [3.05, 3.63) is 12.1 Å². The van der Waals surface area contributed by atoms with Crippen LogP contribution in [0.25, 0.3) is 0 Å². The highest BCUT2D eigenvalue weighted by Crippen LogP contribution is 2.38. The number of nitrogens with zero attached hydrogens (tertiary/aromatic N) is 1. The van der Waals surface area contributed by atoms with Crippen molar-refractivity contribution in [2.24, 2.45) is 0 Å². The van der Waals surface area contributed by atoms with Gasteiger partial charge in [0.25, 0.3) is 0 Å². The molecule has 0 aromatic heterocycles. The number of halogens is 1. The van der Waals surface area contributed by atoms with Crippen LogP contribution in [0.15, 0.2) is 17.0 Å². The quantitative estimate of drug-likeness (QED) is 0.749. The molecule has 1 aromatic carbocycles. The van der Waals surface area contributed by atoms with E-state index in [1.807, 2.05) is 0 Å². The summed E-state index contributed by atoms with van der Waals surface area (Å²) in [5.41, 5.74) is 0. The fourth-order valence-corrected chi connectivity index (χ4v) is 3.21. The first-order valence-electron chi connectivity index (χ1n) is 6.33. The summed E-state index contributed by atoms with van der Waals surface area (Å²) >= 11 is 0. The fourth-order valence-electron chi connectivity index (χ4n) is 1.77. The third kappa shape index (κ3) is 4.39. The van der Waals surface area contributed by atoms with E-state index in [0.717, 1.165) is 0 Å². The summed E-state index contributed by atoms with van der Waals surface area (Å²) in [5.74, 6) is 0.825. The van der Waals surface area contributed by atoms with Gasteiger partial charge in [0, 0.05) is 32.3 Å². The molecule has 0 heterocycles. The minimum absolute atomic E-state index is 0. The predicted octanol–water partition coefficient (Wildman–Crippen LogP) is 0.974. The van der Waals surface area contributed by atoms with Crippen LogP contribution in [0, 0.1) is 0 Å². The van der Waals surface area contributed by atoms with E-state index >= 15 is 0 Å². The number of hydrogen-bond donors (Lipinski definition) is 1. The van der Waals surface area contributed by atoms with Crippen LogP contribution in [0.3, 0.4) is 0 Å². The lowest BCUT2D eigenvalue weighted by Crippen LogP contribution is -2.33. The molecule has 0 aliphatic heterocycles. The van der Waals surface area contributed by atoms with Gasteiger partial charge in [0.05, 0.1) is 21.3 Å². The van der Waals surface area contributed by atoms with Crippen LogP contribution in [-0.2, 0) is 10.0 Å². The van der Waals surface area contributed by atoms with Crippen molar-refractivity contribution in [3.8, 4) is 17.2 Å². The molecule has 0 radical (unpaired) electrons. The van der Waals surface area contributed by atoms with E-state index in [4.69, 9.17) is 14.2 Å². The molecule has 22 heavy (non-hydrogen) atoms. The normalized spacial score (nSPS) is 11.0. The van der Waals surface area contributed by atoms with Crippen LogP contribution in [0.5, 0.6) is 17.2 Å². The highest BCUT2D eigenvalue weighted by Gasteiger charge is 2.29. The maximum absolute atomic E-state index is 12.7. The van der Waals surface area contributed by atoms with Gasteiger partial charge in [0.2, 0.25) is 10.0 Å². The molecular weight excluding hydrogens is 332 g/mol. The molecule has 0 spiro atoms. The molecule has 0 aliphatic carbocycles. The van der Waals surface area contributed by atoms with Crippen LogP contribution in [0.2, 0.25) is 0 Å². The first-order valence-corrected chi connectivity index (χ1v) is 7.77. The predicted molar refractivity (Wildman–Crippen MR) is 87.1 cm³/mol. The lowest BCUT2D eigenvalue weighted by Gasteiger charge is -2.21. The standard InChI is InChI=1S/C13H22N2O5S.ClH/c1-14-6-7-15(2)21(16,17)13-11(19-4)8-10(18-3)9-12(13)20-5;/h8-9,14H,6-7H2,1-5H3;1H. The SMILES string of the molecule is CNCCN(C)S(=O)(=O)c1c(OC)cc(OC)cc1OC.Cl. The van der Waals surface area contributed by atoms with E-state index in [1.54, 1.807) is 7.05 Å². The van der Waals surface area contributed by atoms with Crippen molar-refractivity contribution in [1.29, 1.82) is 0 Å². The van der Waals surface area contributed by atoms with Gasteiger partial charge in [-0.3, -0.25) is 0 Å². The maximum Gasteiger partial charge on any atom is 0.250 e. The van der Waals surface area contributed by atoms with Gasteiger partial charge < -0.3 is 19.5 Å². The monoisotopic (exact) mass is 354 g/mol. The van der Waals surface area contributed by atoms with E-state index in [0.29, 0.717) is 18.8 Å². The molecule has 0 saturated heterocycles. The van der Waals surface area contributed by atoms with Crippen LogP contribution in [0.1, 0.15) is 0 Å². The van der Waals surface area contributed by atoms with Crippen molar-refractivity contribution in [2.75, 3.05) is 48.5 Å². The van der Waals surface area contributed by atoms with Gasteiger partial charge in [-0.05, 0) is 7.05 Å². The highest BCUT2D eigenvalue weighted by molar-refractivity contribution is 7.89. The Morgan fingerprint density at radius 1 is 1.09 bits per heavy atom.